The molecule has 0 bridgehead atoms. The van der Waals surface area contributed by atoms with Gasteiger partial charge in [0.2, 0.25) is 11.8 Å². The van der Waals surface area contributed by atoms with Gasteiger partial charge in [-0.15, -0.1) is 11.3 Å². The van der Waals surface area contributed by atoms with E-state index >= 15 is 0 Å². The Morgan fingerprint density at radius 2 is 1.91 bits per heavy atom. The van der Waals surface area contributed by atoms with E-state index < -0.39 is 33.6 Å². The average molecular weight is 519 g/mol. The molecule has 0 spiro atoms. The van der Waals surface area contributed by atoms with Crippen LogP contribution in [0.2, 0.25) is 0 Å². The third-order valence-electron chi connectivity index (χ3n) is 4.82. The van der Waals surface area contributed by atoms with Gasteiger partial charge >= 0.3 is 0 Å². The minimum Gasteiger partial charge on any atom is -0.337 e. The molecule has 0 atom stereocenters. The van der Waals surface area contributed by atoms with Gasteiger partial charge in [0, 0.05) is 16.1 Å². The first-order valence-corrected chi connectivity index (χ1v) is 13.0. The molecule has 2 N–H and O–H groups in total. The molecule has 1 aromatic carbocycles. The molecule has 1 aliphatic heterocycles. The second kappa shape index (κ2) is 9.44. The molecule has 34 heavy (non-hydrogen) atoms. The number of carbonyl (C=O) groups is 3. The molecule has 1 saturated heterocycles. The second-order valence-corrected chi connectivity index (χ2v) is 10.8. The number of rotatable bonds is 7. The summed E-state index contributed by atoms with van der Waals surface area (Å²) >= 11 is 2.20. The molecule has 0 aliphatic carbocycles. The topological polar surface area (TPSA) is 139 Å². The Morgan fingerprint density at radius 3 is 2.53 bits per heavy atom. The van der Waals surface area contributed by atoms with Crippen molar-refractivity contribution in [1.29, 1.82) is 0 Å². The number of hydrogen-bond donors (Lipinski definition) is 2. The highest BCUT2D eigenvalue weighted by Crippen LogP contribution is 2.32. The average Bonchev–Trinajstić information content (AvgIpc) is 3.48. The number of sulfonamides is 1. The van der Waals surface area contributed by atoms with Crippen LogP contribution >= 0.6 is 23.1 Å². The van der Waals surface area contributed by atoms with E-state index in [9.17, 15) is 22.8 Å². The number of nitrogens with zero attached hydrogens (tertiary/aromatic N) is 2. The summed E-state index contributed by atoms with van der Waals surface area (Å²) in [6, 6.07) is 9.06. The van der Waals surface area contributed by atoms with E-state index in [-0.39, 0.29) is 15.7 Å². The zero-order chi connectivity index (χ0) is 24.5. The highest BCUT2D eigenvalue weighted by Gasteiger charge is 2.36. The molecule has 13 heteroatoms. The van der Waals surface area contributed by atoms with Crippen molar-refractivity contribution in [2.45, 2.75) is 18.7 Å². The fraction of sp³-hybridized carbons (Fsp3) is 0.143. The van der Waals surface area contributed by atoms with Crippen molar-refractivity contribution >= 4 is 67.8 Å². The van der Waals surface area contributed by atoms with Gasteiger partial charge in [0.1, 0.15) is 6.54 Å². The maximum atomic E-state index is 12.6. The van der Waals surface area contributed by atoms with Crippen LogP contribution in [-0.4, -0.2) is 42.1 Å². The fourth-order valence-electron chi connectivity index (χ4n) is 2.89. The van der Waals surface area contributed by atoms with E-state index in [0.29, 0.717) is 16.9 Å². The largest absolute Gasteiger partial charge is 0.337 e. The lowest BCUT2D eigenvalue weighted by Crippen LogP contribution is -2.36. The monoisotopic (exact) mass is 518 g/mol. The molecule has 176 valence electrons. The minimum absolute atomic E-state index is 0.0280. The molecule has 1 aliphatic rings. The highest BCUT2D eigenvalue weighted by atomic mass is 32.2. The molecule has 1 fully saturated rings. The van der Waals surface area contributed by atoms with E-state index in [1.54, 1.807) is 19.9 Å². The van der Waals surface area contributed by atoms with E-state index in [4.69, 9.17) is 4.52 Å². The Kier molecular flexibility index (Phi) is 6.59. The van der Waals surface area contributed by atoms with E-state index in [2.05, 4.69) is 15.2 Å². The van der Waals surface area contributed by atoms with Gasteiger partial charge in [0.25, 0.3) is 21.2 Å². The standard InChI is InChI=1S/C21H18N4O6S3/c1-12-13(2)23-31-19(12)24-34(29,30)16-7-5-14(6-8-16)22-18(26)11-25-20(27)17(33-21(25)28)10-15-4-3-9-32-15/h3-10,24H,11H2,1-2H3,(H,22,26)/b17-10+. The summed E-state index contributed by atoms with van der Waals surface area (Å²) in [5, 5.41) is 7.59. The Morgan fingerprint density at radius 1 is 1.18 bits per heavy atom. The fourth-order valence-corrected chi connectivity index (χ4v) is 5.50. The number of thioether (sulfide) groups is 1. The number of aromatic nitrogens is 1. The van der Waals surface area contributed by atoms with Crippen LogP contribution in [0.4, 0.5) is 16.4 Å². The number of anilines is 2. The van der Waals surface area contributed by atoms with Crippen molar-refractivity contribution in [1.82, 2.24) is 10.1 Å². The first kappa shape index (κ1) is 23.7. The van der Waals surface area contributed by atoms with Crippen LogP contribution in [-0.2, 0) is 19.6 Å². The molecule has 0 radical (unpaired) electrons. The lowest BCUT2D eigenvalue weighted by Gasteiger charge is -2.13. The zero-order valence-corrected chi connectivity index (χ0v) is 20.3. The number of hydrogen-bond acceptors (Lipinski definition) is 9. The van der Waals surface area contributed by atoms with Gasteiger partial charge in [0.15, 0.2) is 0 Å². The molecule has 0 saturated carbocycles. The van der Waals surface area contributed by atoms with Crippen molar-refractivity contribution in [3.8, 4) is 0 Å². The van der Waals surface area contributed by atoms with Crippen molar-refractivity contribution in [3.63, 3.8) is 0 Å². The van der Waals surface area contributed by atoms with Crippen molar-refractivity contribution < 1.29 is 27.3 Å². The van der Waals surface area contributed by atoms with Gasteiger partial charge < -0.3 is 9.84 Å². The smallest absolute Gasteiger partial charge is 0.294 e. The summed E-state index contributed by atoms with van der Waals surface area (Å²) < 4.78 is 32.4. The molecule has 0 unspecified atom stereocenters. The SMILES string of the molecule is Cc1noc(NS(=O)(=O)c2ccc(NC(=O)CN3C(=O)S/C(=C/c4cccs4)C3=O)cc2)c1C. The predicted octanol–water partition coefficient (Wildman–Crippen LogP) is 3.83. The molecule has 2 aromatic heterocycles. The normalized spacial score (nSPS) is 15.2. The van der Waals surface area contributed by atoms with Crippen LogP contribution in [0.5, 0.6) is 0 Å². The van der Waals surface area contributed by atoms with Crippen LogP contribution in [0.15, 0.2) is 56.1 Å². The van der Waals surface area contributed by atoms with Crippen LogP contribution in [0.25, 0.3) is 6.08 Å². The number of imide groups is 1. The predicted molar refractivity (Wildman–Crippen MR) is 129 cm³/mol. The van der Waals surface area contributed by atoms with Crippen molar-refractivity contribution in [2.75, 3.05) is 16.6 Å². The van der Waals surface area contributed by atoms with Crippen LogP contribution in [0.1, 0.15) is 16.1 Å². The maximum Gasteiger partial charge on any atom is 0.294 e. The number of benzene rings is 1. The van der Waals surface area contributed by atoms with Gasteiger partial charge in [-0.25, -0.2) is 13.1 Å². The quantitative estimate of drug-likeness (QED) is 0.450. The van der Waals surface area contributed by atoms with Gasteiger partial charge in [-0.05, 0) is 67.4 Å². The summed E-state index contributed by atoms with van der Waals surface area (Å²) in [4.78, 5) is 39.0. The molecule has 4 rings (SSSR count). The summed E-state index contributed by atoms with van der Waals surface area (Å²) in [5.41, 5.74) is 1.44. The zero-order valence-electron chi connectivity index (χ0n) is 17.9. The van der Waals surface area contributed by atoms with Gasteiger partial charge in [0.05, 0.1) is 15.5 Å². The Bertz CT molecular complexity index is 1390. The van der Waals surface area contributed by atoms with E-state index in [1.807, 2.05) is 17.5 Å². The molecular formula is C21H18N4O6S3. The Hall–Kier alpha value is -3.42. The molecule has 3 heterocycles. The molecule has 3 amide bonds. The number of aryl methyl sites for hydroxylation is 1. The Labute approximate surface area is 203 Å². The van der Waals surface area contributed by atoms with Crippen LogP contribution in [0, 0.1) is 13.8 Å². The second-order valence-electron chi connectivity index (χ2n) is 7.18. The van der Waals surface area contributed by atoms with Gasteiger partial charge in [-0.3, -0.25) is 19.3 Å². The highest BCUT2D eigenvalue weighted by molar-refractivity contribution is 8.18. The van der Waals surface area contributed by atoms with Crippen LogP contribution in [0.3, 0.4) is 0 Å². The first-order valence-electron chi connectivity index (χ1n) is 9.78. The van der Waals surface area contributed by atoms with E-state index in [0.717, 1.165) is 21.5 Å². The molecular weight excluding hydrogens is 500 g/mol. The third kappa shape index (κ3) is 5.05. The van der Waals surface area contributed by atoms with Gasteiger partial charge in [-0.1, -0.05) is 11.2 Å². The van der Waals surface area contributed by atoms with E-state index in [1.165, 1.54) is 35.6 Å². The first-order chi connectivity index (χ1) is 16.1. The molecule has 3 aromatic rings. The maximum absolute atomic E-state index is 12.6. The lowest BCUT2D eigenvalue weighted by atomic mass is 10.3. The van der Waals surface area contributed by atoms with Crippen LogP contribution < -0.4 is 10.0 Å². The third-order valence-corrected chi connectivity index (χ3v) is 7.90. The number of thiophene rings is 1. The summed E-state index contributed by atoms with van der Waals surface area (Å²) in [6.45, 7) is 2.91. The number of nitrogens with one attached hydrogen (secondary N) is 2. The minimum atomic E-state index is -3.93. The summed E-state index contributed by atoms with van der Waals surface area (Å²) in [6.07, 6.45) is 1.61. The Balaban J connectivity index is 1.39. The summed E-state index contributed by atoms with van der Waals surface area (Å²) in [5.74, 6) is -1.11. The number of carbonyl (C=O) groups excluding carboxylic acids is 3. The lowest BCUT2D eigenvalue weighted by molar-refractivity contribution is -0.127. The number of amides is 3. The van der Waals surface area contributed by atoms with Crippen molar-refractivity contribution in [3.05, 3.63) is 62.8 Å². The molecule has 10 nitrogen and oxygen atoms in total. The summed E-state index contributed by atoms with van der Waals surface area (Å²) in [7, 11) is -3.93. The van der Waals surface area contributed by atoms with Crippen molar-refractivity contribution in [2.24, 2.45) is 0 Å². The van der Waals surface area contributed by atoms with Gasteiger partial charge in [-0.2, -0.15) is 0 Å².